The van der Waals surface area contributed by atoms with Gasteiger partial charge in [0.15, 0.2) is 5.78 Å². The molecular formula is C14H17BrOS. The van der Waals surface area contributed by atoms with Crippen LogP contribution in [-0.2, 0) is 4.79 Å². The molecule has 0 aliphatic rings. The van der Waals surface area contributed by atoms with Gasteiger partial charge in [0.1, 0.15) is 0 Å². The van der Waals surface area contributed by atoms with Crippen molar-refractivity contribution >= 4 is 39.6 Å². The first-order valence-electron chi connectivity index (χ1n) is 5.74. The average Bonchev–Trinajstić information content (AvgIpc) is 2.36. The van der Waals surface area contributed by atoms with Crippen LogP contribution >= 0.6 is 27.7 Å². The third kappa shape index (κ3) is 5.09. The van der Waals surface area contributed by atoms with Gasteiger partial charge in [0, 0.05) is 22.2 Å². The summed E-state index contributed by atoms with van der Waals surface area (Å²) in [6.45, 7) is 4.02. The van der Waals surface area contributed by atoms with Crippen LogP contribution in [0.15, 0.2) is 34.3 Å². The maximum Gasteiger partial charge on any atom is 0.159 e. The van der Waals surface area contributed by atoms with E-state index in [9.17, 15) is 4.79 Å². The number of Topliss-reactive ketones (excluding diaryl/α,β-unsaturated/α-hetero) is 1. The van der Waals surface area contributed by atoms with E-state index in [1.807, 2.05) is 37.3 Å². The minimum absolute atomic E-state index is 0.244. The Bertz CT molecular complexity index is 395. The average molecular weight is 313 g/mol. The van der Waals surface area contributed by atoms with Crippen molar-refractivity contribution in [2.45, 2.75) is 20.3 Å². The molecule has 0 atom stereocenters. The zero-order valence-electron chi connectivity index (χ0n) is 10.2. The lowest BCUT2D eigenvalue weighted by molar-refractivity contribution is -0.115. The number of hydrogen-bond donors (Lipinski definition) is 0. The molecule has 1 aromatic rings. The Labute approximate surface area is 116 Å². The molecule has 0 heterocycles. The van der Waals surface area contributed by atoms with E-state index < -0.39 is 0 Å². The molecule has 0 spiro atoms. The van der Waals surface area contributed by atoms with E-state index in [-0.39, 0.29) is 5.78 Å². The normalized spacial score (nSPS) is 11.6. The van der Waals surface area contributed by atoms with Crippen molar-refractivity contribution in [3.05, 3.63) is 39.9 Å². The van der Waals surface area contributed by atoms with Crippen molar-refractivity contribution < 1.29 is 4.79 Å². The Balaban J connectivity index is 2.87. The van der Waals surface area contributed by atoms with Gasteiger partial charge in [-0.3, -0.25) is 4.79 Å². The van der Waals surface area contributed by atoms with Crippen LogP contribution in [0.4, 0.5) is 0 Å². The number of halogens is 1. The molecule has 0 saturated carbocycles. The Morgan fingerprint density at radius 3 is 2.47 bits per heavy atom. The molecule has 1 rings (SSSR count). The molecule has 0 unspecified atom stereocenters. The lowest BCUT2D eigenvalue weighted by atomic mass is 10.1. The molecule has 92 valence electrons. The van der Waals surface area contributed by atoms with Gasteiger partial charge in [-0.1, -0.05) is 41.9 Å². The first-order valence-corrected chi connectivity index (χ1v) is 7.69. The van der Waals surface area contributed by atoms with E-state index in [0.29, 0.717) is 6.42 Å². The van der Waals surface area contributed by atoms with Crippen molar-refractivity contribution in [3.63, 3.8) is 0 Å². The number of carbonyl (C=O) groups is 1. The first-order chi connectivity index (χ1) is 8.17. The fourth-order valence-electron chi connectivity index (χ4n) is 1.40. The van der Waals surface area contributed by atoms with Gasteiger partial charge < -0.3 is 0 Å². The summed E-state index contributed by atoms with van der Waals surface area (Å²) in [6, 6.07) is 8.02. The summed E-state index contributed by atoms with van der Waals surface area (Å²) in [6.07, 6.45) is 2.58. The predicted molar refractivity (Wildman–Crippen MR) is 80.4 cm³/mol. The lowest BCUT2D eigenvalue weighted by Crippen LogP contribution is -2.03. The Morgan fingerprint density at radius 1 is 1.29 bits per heavy atom. The summed E-state index contributed by atoms with van der Waals surface area (Å²) < 4.78 is 1.06. The molecule has 0 aliphatic heterocycles. The Kier molecular flexibility index (Phi) is 6.60. The second kappa shape index (κ2) is 7.72. The van der Waals surface area contributed by atoms with Crippen LogP contribution < -0.4 is 0 Å². The summed E-state index contributed by atoms with van der Waals surface area (Å²) in [4.78, 5) is 11.8. The minimum Gasteiger partial charge on any atom is -0.295 e. The fraction of sp³-hybridized carbons (Fsp3) is 0.357. The van der Waals surface area contributed by atoms with E-state index in [4.69, 9.17) is 0 Å². The monoisotopic (exact) mass is 312 g/mol. The van der Waals surface area contributed by atoms with Crippen molar-refractivity contribution in [1.29, 1.82) is 0 Å². The molecule has 0 fully saturated rings. The zero-order chi connectivity index (χ0) is 12.7. The SMILES string of the molecule is CCSC/C(=C/c1ccc(Br)cc1)C(=O)CC. The molecule has 17 heavy (non-hydrogen) atoms. The molecular weight excluding hydrogens is 296 g/mol. The summed E-state index contributed by atoms with van der Waals surface area (Å²) in [5.74, 6) is 2.09. The van der Waals surface area contributed by atoms with E-state index in [0.717, 1.165) is 27.1 Å². The van der Waals surface area contributed by atoms with Gasteiger partial charge in [0.25, 0.3) is 0 Å². The van der Waals surface area contributed by atoms with Crippen molar-refractivity contribution in [1.82, 2.24) is 0 Å². The molecule has 1 nitrogen and oxygen atoms in total. The third-order valence-electron chi connectivity index (χ3n) is 2.35. The van der Waals surface area contributed by atoms with Crippen molar-refractivity contribution in [3.8, 4) is 0 Å². The maximum absolute atomic E-state index is 11.8. The second-order valence-corrected chi connectivity index (χ2v) is 5.82. The standard InChI is InChI=1S/C14H17BrOS/c1-3-14(16)12(10-17-4-2)9-11-5-7-13(15)8-6-11/h5-9H,3-4,10H2,1-2H3/b12-9-. The number of benzene rings is 1. The van der Waals surface area contributed by atoms with Crippen molar-refractivity contribution in [2.24, 2.45) is 0 Å². The van der Waals surface area contributed by atoms with Gasteiger partial charge in [0.2, 0.25) is 0 Å². The highest BCUT2D eigenvalue weighted by Gasteiger charge is 2.06. The summed E-state index contributed by atoms with van der Waals surface area (Å²) in [7, 11) is 0. The van der Waals surface area contributed by atoms with Crippen LogP contribution in [-0.4, -0.2) is 17.3 Å². The molecule has 0 aliphatic carbocycles. The highest BCUT2D eigenvalue weighted by Crippen LogP contribution is 2.17. The summed E-state index contributed by atoms with van der Waals surface area (Å²) in [5.41, 5.74) is 2.00. The van der Waals surface area contributed by atoms with Gasteiger partial charge in [-0.25, -0.2) is 0 Å². The van der Waals surface area contributed by atoms with E-state index in [2.05, 4.69) is 22.9 Å². The van der Waals surface area contributed by atoms with Crippen LogP contribution in [0.3, 0.4) is 0 Å². The molecule has 0 N–H and O–H groups in total. The topological polar surface area (TPSA) is 17.1 Å². The molecule has 0 amide bonds. The van der Waals surface area contributed by atoms with Crippen LogP contribution in [0.1, 0.15) is 25.8 Å². The molecule has 0 saturated heterocycles. The third-order valence-corrected chi connectivity index (χ3v) is 3.80. The van der Waals surface area contributed by atoms with Crippen LogP contribution in [0.25, 0.3) is 6.08 Å². The fourth-order valence-corrected chi connectivity index (χ4v) is 2.33. The predicted octanol–water partition coefficient (Wildman–Crippen LogP) is 4.56. The highest BCUT2D eigenvalue weighted by atomic mass is 79.9. The zero-order valence-corrected chi connectivity index (χ0v) is 12.6. The van der Waals surface area contributed by atoms with Crippen molar-refractivity contribution in [2.75, 3.05) is 11.5 Å². The Hall–Kier alpha value is -0.540. The van der Waals surface area contributed by atoms with E-state index in [1.165, 1.54) is 0 Å². The molecule has 0 bridgehead atoms. The first kappa shape index (κ1) is 14.5. The smallest absolute Gasteiger partial charge is 0.159 e. The number of hydrogen-bond acceptors (Lipinski definition) is 2. The largest absolute Gasteiger partial charge is 0.295 e. The number of thioether (sulfide) groups is 1. The molecule has 0 radical (unpaired) electrons. The quantitative estimate of drug-likeness (QED) is 0.716. The highest BCUT2D eigenvalue weighted by molar-refractivity contribution is 9.10. The maximum atomic E-state index is 11.8. The summed E-state index contributed by atoms with van der Waals surface area (Å²) in [5, 5.41) is 0. The van der Waals surface area contributed by atoms with Crippen LogP contribution in [0.5, 0.6) is 0 Å². The van der Waals surface area contributed by atoms with Gasteiger partial charge >= 0.3 is 0 Å². The minimum atomic E-state index is 0.244. The van der Waals surface area contributed by atoms with E-state index in [1.54, 1.807) is 11.8 Å². The van der Waals surface area contributed by atoms with Crippen LogP contribution in [0.2, 0.25) is 0 Å². The molecule has 3 heteroatoms. The van der Waals surface area contributed by atoms with E-state index >= 15 is 0 Å². The Morgan fingerprint density at radius 2 is 1.94 bits per heavy atom. The number of rotatable bonds is 6. The lowest BCUT2D eigenvalue weighted by Gasteiger charge is -2.04. The number of ketones is 1. The van der Waals surface area contributed by atoms with Gasteiger partial charge in [-0.05, 0) is 29.5 Å². The van der Waals surface area contributed by atoms with Crippen LogP contribution in [0, 0.1) is 0 Å². The second-order valence-electron chi connectivity index (χ2n) is 3.63. The number of carbonyl (C=O) groups excluding carboxylic acids is 1. The van der Waals surface area contributed by atoms with Gasteiger partial charge in [-0.2, -0.15) is 11.8 Å². The molecule has 0 aromatic heterocycles. The van der Waals surface area contributed by atoms with Gasteiger partial charge in [-0.15, -0.1) is 0 Å². The van der Waals surface area contributed by atoms with Gasteiger partial charge in [0.05, 0.1) is 0 Å². The summed E-state index contributed by atoms with van der Waals surface area (Å²) >= 11 is 5.19. The molecule has 1 aromatic carbocycles.